The van der Waals surface area contributed by atoms with Crippen molar-refractivity contribution in [3.63, 3.8) is 0 Å². The number of sulfonamides is 1. The maximum absolute atomic E-state index is 13.0. The number of rotatable bonds is 8. The number of hydrogen-bond donors (Lipinski definition) is 0. The molecule has 0 aliphatic heterocycles. The summed E-state index contributed by atoms with van der Waals surface area (Å²) in [5, 5.41) is 11.2. The Kier molecular flexibility index (Phi) is 7.80. The molecule has 1 heterocycles. The third-order valence-corrected chi connectivity index (χ3v) is 8.51. The predicted molar refractivity (Wildman–Crippen MR) is 140 cm³/mol. The predicted octanol–water partition coefficient (Wildman–Crippen LogP) is 3.35. The van der Waals surface area contributed by atoms with Crippen molar-refractivity contribution in [1.82, 2.24) is 8.87 Å². The summed E-state index contributed by atoms with van der Waals surface area (Å²) in [5.41, 5.74) is 1.29. The Hall–Kier alpha value is -4.20. The highest BCUT2D eigenvalue weighted by molar-refractivity contribution is 7.89. The van der Waals surface area contributed by atoms with E-state index >= 15 is 0 Å². The van der Waals surface area contributed by atoms with E-state index in [2.05, 4.69) is 4.99 Å². The maximum atomic E-state index is 13.0. The molecule has 11 nitrogen and oxygen atoms in total. The first-order chi connectivity index (χ1) is 18.1. The van der Waals surface area contributed by atoms with Gasteiger partial charge in [-0.05, 0) is 35.9 Å². The lowest BCUT2D eigenvalue weighted by molar-refractivity contribution is -0.384. The Morgan fingerprint density at radius 3 is 2.39 bits per heavy atom. The highest BCUT2D eigenvalue weighted by atomic mass is 32.2. The van der Waals surface area contributed by atoms with Crippen molar-refractivity contribution < 1.29 is 27.7 Å². The number of methoxy groups -OCH3 is 1. The smallest absolute Gasteiger partial charge is 0.325 e. The normalized spacial score (nSPS) is 12.1. The van der Waals surface area contributed by atoms with Crippen molar-refractivity contribution in [2.75, 3.05) is 14.2 Å². The van der Waals surface area contributed by atoms with Crippen molar-refractivity contribution in [3.8, 4) is 0 Å². The number of carbonyl (C=O) groups is 2. The van der Waals surface area contributed by atoms with Gasteiger partial charge in [0.2, 0.25) is 10.0 Å². The quantitative estimate of drug-likeness (QED) is 0.185. The molecular weight excluding hydrogens is 532 g/mol. The lowest BCUT2D eigenvalue weighted by Crippen LogP contribution is -2.26. The zero-order chi connectivity index (χ0) is 27.4. The van der Waals surface area contributed by atoms with E-state index in [9.17, 15) is 28.1 Å². The molecule has 3 aromatic carbocycles. The van der Waals surface area contributed by atoms with Crippen molar-refractivity contribution in [3.05, 3.63) is 98.8 Å². The van der Waals surface area contributed by atoms with Crippen LogP contribution in [-0.4, -0.2) is 48.2 Å². The molecule has 0 unspecified atom stereocenters. The Morgan fingerprint density at radius 2 is 1.76 bits per heavy atom. The van der Waals surface area contributed by atoms with Crippen molar-refractivity contribution >= 4 is 49.1 Å². The second-order valence-corrected chi connectivity index (χ2v) is 11.2. The summed E-state index contributed by atoms with van der Waals surface area (Å²) in [6.07, 6.45) is 0. The van der Waals surface area contributed by atoms with Gasteiger partial charge in [-0.2, -0.15) is 9.30 Å². The van der Waals surface area contributed by atoms with Crippen LogP contribution >= 0.6 is 11.3 Å². The minimum absolute atomic E-state index is 0.0161. The Morgan fingerprint density at radius 1 is 1.08 bits per heavy atom. The van der Waals surface area contributed by atoms with Crippen molar-refractivity contribution in [2.24, 2.45) is 4.99 Å². The Labute approximate surface area is 221 Å². The van der Waals surface area contributed by atoms with Gasteiger partial charge in [0, 0.05) is 31.3 Å². The lowest BCUT2D eigenvalue weighted by Gasteiger charge is -2.17. The number of esters is 1. The number of thiazole rings is 1. The molecule has 0 fully saturated rings. The minimum atomic E-state index is -3.81. The first-order valence-electron chi connectivity index (χ1n) is 11.1. The summed E-state index contributed by atoms with van der Waals surface area (Å²) in [7, 11) is -1.11. The van der Waals surface area contributed by atoms with Crippen LogP contribution in [0.2, 0.25) is 0 Å². The van der Waals surface area contributed by atoms with Gasteiger partial charge in [0.25, 0.3) is 11.6 Å². The minimum Gasteiger partial charge on any atom is -0.468 e. The molecule has 0 atom stereocenters. The molecule has 4 aromatic rings. The molecule has 0 aliphatic carbocycles. The van der Waals surface area contributed by atoms with Crippen LogP contribution in [0.25, 0.3) is 10.2 Å². The SMILES string of the molecule is COC(=O)Cn1c(=NC(=O)c2ccc(S(=O)(=O)N(C)Cc3ccccc3)cc2)sc2cc([N+](=O)[O-])ccc21. The largest absolute Gasteiger partial charge is 0.468 e. The van der Waals surface area contributed by atoms with Crippen LogP contribution in [0.1, 0.15) is 15.9 Å². The number of nitrogens with zero attached hydrogens (tertiary/aromatic N) is 4. The van der Waals surface area contributed by atoms with Gasteiger partial charge in [0.15, 0.2) is 4.80 Å². The van der Waals surface area contributed by atoms with Gasteiger partial charge in [-0.3, -0.25) is 19.7 Å². The van der Waals surface area contributed by atoms with E-state index in [0.717, 1.165) is 16.9 Å². The number of ether oxygens (including phenoxy) is 1. The zero-order valence-electron chi connectivity index (χ0n) is 20.3. The maximum Gasteiger partial charge on any atom is 0.325 e. The molecule has 0 N–H and O–H groups in total. The Bertz CT molecular complexity index is 1690. The van der Waals surface area contributed by atoms with E-state index in [1.165, 1.54) is 65.5 Å². The Balaban J connectivity index is 1.65. The van der Waals surface area contributed by atoms with Gasteiger partial charge in [0.05, 0.1) is 27.1 Å². The highest BCUT2D eigenvalue weighted by Gasteiger charge is 2.21. The molecule has 0 spiro atoms. The lowest BCUT2D eigenvalue weighted by atomic mass is 10.2. The van der Waals surface area contributed by atoms with E-state index in [0.29, 0.717) is 10.2 Å². The van der Waals surface area contributed by atoms with E-state index in [-0.39, 0.29) is 34.0 Å². The third kappa shape index (κ3) is 5.69. The number of hydrogen-bond acceptors (Lipinski definition) is 8. The summed E-state index contributed by atoms with van der Waals surface area (Å²) < 4.78 is 33.8. The van der Waals surface area contributed by atoms with Gasteiger partial charge < -0.3 is 9.30 Å². The number of non-ortho nitro benzene ring substituents is 1. The van der Waals surface area contributed by atoms with Crippen LogP contribution in [0.5, 0.6) is 0 Å². The summed E-state index contributed by atoms with van der Waals surface area (Å²) in [6.45, 7) is -0.0746. The van der Waals surface area contributed by atoms with Crippen LogP contribution in [-0.2, 0) is 32.6 Å². The molecule has 0 aliphatic rings. The van der Waals surface area contributed by atoms with Crippen LogP contribution in [0.15, 0.2) is 82.7 Å². The molecule has 0 bridgehead atoms. The molecule has 13 heteroatoms. The molecule has 38 heavy (non-hydrogen) atoms. The number of nitro benzene ring substituents is 1. The van der Waals surface area contributed by atoms with Crippen LogP contribution in [0.3, 0.4) is 0 Å². The number of aromatic nitrogens is 1. The number of benzene rings is 3. The van der Waals surface area contributed by atoms with E-state index < -0.39 is 26.8 Å². The number of amides is 1. The standard InChI is InChI=1S/C25H22N4O7S2/c1-27(15-17-6-4-3-5-7-17)38(34,35)20-11-8-18(9-12-20)24(31)26-25-28(16-23(30)36-2)21-13-10-19(29(32)33)14-22(21)37-25/h3-14H,15-16H2,1-2H3. The summed E-state index contributed by atoms with van der Waals surface area (Å²) in [6, 6.07) is 18.6. The molecule has 0 saturated heterocycles. The monoisotopic (exact) mass is 554 g/mol. The fourth-order valence-corrected chi connectivity index (χ4v) is 5.85. The van der Waals surface area contributed by atoms with E-state index in [1.807, 2.05) is 30.3 Å². The number of nitro groups is 1. The van der Waals surface area contributed by atoms with E-state index in [4.69, 9.17) is 4.74 Å². The average Bonchev–Trinajstić information content (AvgIpc) is 3.24. The van der Waals surface area contributed by atoms with Crippen LogP contribution < -0.4 is 4.80 Å². The molecule has 1 amide bonds. The third-order valence-electron chi connectivity index (χ3n) is 5.65. The van der Waals surface area contributed by atoms with Crippen molar-refractivity contribution in [2.45, 2.75) is 18.0 Å². The van der Waals surface area contributed by atoms with Gasteiger partial charge in [0.1, 0.15) is 6.54 Å². The topological polar surface area (TPSA) is 141 Å². The highest BCUT2D eigenvalue weighted by Crippen LogP contribution is 2.24. The molecule has 196 valence electrons. The molecule has 0 radical (unpaired) electrons. The van der Waals surface area contributed by atoms with Gasteiger partial charge in [-0.15, -0.1) is 0 Å². The van der Waals surface area contributed by atoms with Crippen molar-refractivity contribution in [1.29, 1.82) is 0 Å². The fourth-order valence-electron chi connectivity index (χ4n) is 3.63. The van der Waals surface area contributed by atoms with E-state index in [1.54, 1.807) is 0 Å². The van der Waals surface area contributed by atoms with Gasteiger partial charge in [-0.25, -0.2) is 8.42 Å². The molecule has 1 aromatic heterocycles. The second-order valence-electron chi connectivity index (χ2n) is 8.14. The first-order valence-corrected chi connectivity index (χ1v) is 13.4. The molecule has 0 saturated carbocycles. The number of fused-ring (bicyclic) bond motifs is 1. The summed E-state index contributed by atoms with van der Waals surface area (Å²) in [4.78, 5) is 39.8. The second kappa shape index (κ2) is 11.0. The summed E-state index contributed by atoms with van der Waals surface area (Å²) in [5.74, 6) is -1.27. The molecular formula is C25H22N4O7S2. The van der Waals surface area contributed by atoms with Crippen LogP contribution in [0, 0.1) is 10.1 Å². The summed E-state index contributed by atoms with van der Waals surface area (Å²) >= 11 is 1.00. The van der Waals surface area contributed by atoms with Gasteiger partial charge >= 0.3 is 5.97 Å². The van der Waals surface area contributed by atoms with Gasteiger partial charge in [-0.1, -0.05) is 41.7 Å². The number of carbonyl (C=O) groups excluding carboxylic acids is 2. The zero-order valence-corrected chi connectivity index (χ0v) is 21.9. The average molecular weight is 555 g/mol. The fraction of sp³-hybridized carbons (Fsp3) is 0.160. The molecule has 4 rings (SSSR count). The van der Waals surface area contributed by atoms with Crippen LogP contribution in [0.4, 0.5) is 5.69 Å². The first kappa shape index (κ1) is 26.9.